The summed E-state index contributed by atoms with van der Waals surface area (Å²) < 4.78 is 3.87. The number of carbonyl (C=O) groups is 1. The normalized spacial score (nSPS) is 9.80. The average molecular weight is 289 g/mol. The monoisotopic (exact) mass is 289 g/mol. The van der Waals surface area contributed by atoms with Gasteiger partial charge < -0.3 is 14.9 Å². The molecule has 1 rings (SSSR count). The van der Waals surface area contributed by atoms with Crippen LogP contribution in [0.4, 0.5) is 21.9 Å². The molecular formula is C7H3N3O10. The van der Waals surface area contributed by atoms with Crippen LogP contribution in [0.1, 0.15) is 0 Å². The number of phenolic OH excluding ortho intramolecular Hbond substituents is 1. The van der Waals surface area contributed by atoms with Gasteiger partial charge in [0.25, 0.3) is 11.5 Å². The zero-order valence-electron chi connectivity index (χ0n) is 9.08. The molecule has 0 aliphatic rings. The molecule has 0 heterocycles. The average Bonchev–Trinajstić information content (AvgIpc) is 2.26. The molecule has 0 saturated heterocycles. The van der Waals surface area contributed by atoms with Crippen molar-refractivity contribution in [1.82, 2.24) is 0 Å². The third kappa shape index (κ3) is 2.50. The van der Waals surface area contributed by atoms with E-state index in [1.54, 1.807) is 0 Å². The Morgan fingerprint density at radius 3 is 1.90 bits per heavy atom. The zero-order chi connectivity index (χ0) is 15.6. The second-order valence-electron chi connectivity index (χ2n) is 3.08. The molecule has 0 saturated carbocycles. The first kappa shape index (κ1) is 14.6. The first-order valence-corrected chi connectivity index (χ1v) is 4.40. The van der Waals surface area contributed by atoms with Crippen LogP contribution in [0.3, 0.4) is 0 Å². The fourth-order valence-electron chi connectivity index (χ4n) is 1.25. The third-order valence-corrected chi connectivity index (χ3v) is 1.95. The van der Waals surface area contributed by atoms with E-state index >= 15 is 0 Å². The van der Waals surface area contributed by atoms with E-state index in [-0.39, 0.29) is 6.07 Å². The molecule has 1 aromatic carbocycles. The maximum Gasteiger partial charge on any atom is 0.511 e. The largest absolute Gasteiger partial charge is 0.511 e. The van der Waals surface area contributed by atoms with E-state index in [4.69, 9.17) is 5.11 Å². The fraction of sp³-hybridized carbons (Fsp3) is 0. The lowest BCUT2D eigenvalue weighted by atomic mass is 10.2. The minimum atomic E-state index is -2.13. The van der Waals surface area contributed by atoms with Gasteiger partial charge in [-0.3, -0.25) is 30.3 Å². The standard InChI is InChI=1S/C7H3N3O10/c11-5-2(8(14)15)1-3(9(16)17)6(20-7(12)13)4(5)10(18)19/h1,11H,(H,12,13). The number of carboxylic acid groups (broad SMARTS) is 1. The minimum absolute atomic E-state index is 0.153. The van der Waals surface area contributed by atoms with Crippen molar-refractivity contribution >= 4 is 23.2 Å². The highest BCUT2D eigenvalue weighted by molar-refractivity contribution is 5.77. The van der Waals surface area contributed by atoms with Crippen molar-refractivity contribution in [3.8, 4) is 11.5 Å². The van der Waals surface area contributed by atoms with Crippen molar-refractivity contribution in [2.75, 3.05) is 0 Å². The van der Waals surface area contributed by atoms with Gasteiger partial charge in [0.05, 0.1) is 14.8 Å². The van der Waals surface area contributed by atoms with Crippen LogP contribution in [0.15, 0.2) is 6.07 Å². The highest BCUT2D eigenvalue weighted by atomic mass is 16.7. The lowest BCUT2D eigenvalue weighted by Crippen LogP contribution is -2.08. The summed E-state index contributed by atoms with van der Waals surface area (Å²) in [5.41, 5.74) is -4.27. The molecule has 0 aliphatic heterocycles. The van der Waals surface area contributed by atoms with Gasteiger partial charge in [-0.05, 0) is 0 Å². The Labute approximate surface area is 107 Å². The summed E-state index contributed by atoms with van der Waals surface area (Å²) in [6, 6.07) is 0.153. The van der Waals surface area contributed by atoms with E-state index in [0.29, 0.717) is 0 Å². The molecule has 106 valence electrons. The lowest BCUT2D eigenvalue weighted by Gasteiger charge is -2.04. The molecule has 0 spiro atoms. The topological polar surface area (TPSA) is 196 Å². The van der Waals surface area contributed by atoms with E-state index in [1.807, 2.05) is 0 Å². The number of benzene rings is 1. The summed E-state index contributed by atoms with van der Waals surface area (Å²) in [6.45, 7) is 0. The molecule has 20 heavy (non-hydrogen) atoms. The van der Waals surface area contributed by atoms with Crippen molar-refractivity contribution in [2.45, 2.75) is 0 Å². The molecule has 2 N–H and O–H groups in total. The van der Waals surface area contributed by atoms with E-state index in [1.165, 1.54) is 0 Å². The first-order chi connectivity index (χ1) is 9.16. The molecule has 0 unspecified atom stereocenters. The number of nitro benzene ring substituents is 3. The fourth-order valence-corrected chi connectivity index (χ4v) is 1.25. The molecule has 0 aliphatic carbocycles. The summed E-state index contributed by atoms with van der Waals surface area (Å²) in [5, 5.41) is 49.6. The Morgan fingerprint density at radius 1 is 1.05 bits per heavy atom. The van der Waals surface area contributed by atoms with E-state index < -0.39 is 49.5 Å². The molecule has 0 aromatic heterocycles. The van der Waals surface area contributed by atoms with Crippen LogP contribution in [0.5, 0.6) is 11.5 Å². The van der Waals surface area contributed by atoms with Gasteiger partial charge >= 0.3 is 23.2 Å². The highest BCUT2D eigenvalue weighted by Crippen LogP contribution is 2.48. The molecule has 0 fully saturated rings. The number of aromatic hydroxyl groups is 1. The Balaban J connectivity index is 3.82. The van der Waals surface area contributed by atoms with Crippen molar-refractivity contribution in [3.63, 3.8) is 0 Å². The third-order valence-electron chi connectivity index (χ3n) is 1.95. The number of nitrogens with zero attached hydrogens (tertiary/aromatic N) is 3. The van der Waals surface area contributed by atoms with Crippen LogP contribution >= 0.6 is 0 Å². The summed E-state index contributed by atoms with van der Waals surface area (Å²) in [7, 11) is 0. The number of phenols is 1. The van der Waals surface area contributed by atoms with Gasteiger partial charge in [-0.2, -0.15) is 0 Å². The number of ether oxygens (including phenoxy) is 1. The van der Waals surface area contributed by atoms with Crippen molar-refractivity contribution in [2.24, 2.45) is 0 Å². The van der Waals surface area contributed by atoms with Crippen molar-refractivity contribution in [1.29, 1.82) is 0 Å². The van der Waals surface area contributed by atoms with Crippen LogP contribution in [0.25, 0.3) is 0 Å². The minimum Gasteiger partial charge on any atom is -0.497 e. The summed E-state index contributed by atoms with van der Waals surface area (Å²) in [6.07, 6.45) is -2.13. The quantitative estimate of drug-likeness (QED) is 0.351. The Morgan fingerprint density at radius 2 is 1.55 bits per heavy atom. The van der Waals surface area contributed by atoms with Gasteiger partial charge in [0.15, 0.2) is 0 Å². The van der Waals surface area contributed by atoms with E-state index in [2.05, 4.69) is 4.74 Å². The first-order valence-electron chi connectivity index (χ1n) is 4.40. The molecule has 13 nitrogen and oxygen atoms in total. The van der Waals surface area contributed by atoms with Crippen LogP contribution in [0.2, 0.25) is 0 Å². The molecule has 0 radical (unpaired) electrons. The van der Waals surface area contributed by atoms with Crippen molar-refractivity contribution < 1.29 is 34.5 Å². The molecular weight excluding hydrogens is 286 g/mol. The van der Waals surface area contributed by atoms with Crippen LogP contribution in [-0.4, -0.2) is 31.1 Å². The van der Waals surface area contributed by atoms with E-state index in [0.717, 1.165) is 0 Å². The van der Waals surface area contributed by atoms with E-state index in [9.17, 15) is 40.2 Å². The molecule has 0 amide bonds. The van der Waals surface area contributed by atoms with Crippen LogP contribution in [-0.2, 0) is 0 Å². The molecule has 0 atom stereocenters. The summed E-state index contributed by atoms with van der Waals surface area (Å²) in [5.74, 6) is -2.97. The Hall–Kier alpha value is -3.51. The van der Waals surface area contributed by atoms with Gasteiger partial charge in [0.2, 0.25) is 0 Å². The molecule has 1 aromatic rings. The van der Waals surface area contributed by atoms with Crippen molar-refractivity contribution in [3.05, 3.63) is 36.4 Å². The maximum absolute atomic E-state index is 10.7. The SMILES string of the molecule is O=C(O)Oc1c([N+](=O)[O-])cc([N+](=O)[O-])c(O)c1[N+](=O)[O-]. The summed E-state index contributed by atoms with van der Waals surface area (Å²) >= 11 is 0. The van der Waals surface area contributed by atoms with Gasteiger partial charge in [0.1, 0.15) is 6.07 Å². The predicted octanol–water partition coefficient (Wildman–Crippen LogP) is 1.17. The number of rotatable bonds is 4. The van der Waals surface area contributed by atoms with Gasteiger partial charge in [-0.25, -0.2) is 4.79 Å². The van der Waals surface area contributed by atoms with Gasteiger partial charge in [-0.15, -0.1) is 0 Å². The van der Waals surface area contributed by atoms with Crippen LogP contribution in [0, 0.1) is 30.3 Å². The molecule has 13 heteroatoms. The lowest BCUT2D eigenvalue weighted by molar-refractivity contribution is -0.405. The smallest absolute Gasteiger partial charge is 0.497 e. The maximum atomic E-state index is 10.7. The highest BCUT2D eigenvalue weighted by Gasteiger charge is 2.39. The van der Waals surface area contributed by atoms with Crippen LogP contribution < -0.4 is 4.74 Å². The number of hydrogen-bond acceptors (Lipinski definition) is 9. The Kier molecular flexibility index (Phi) is 3.64. The zero-order valence-corrected chi connectivity index (χ0v) is 9.08. The second kappa shape index (κ2) is 5.01. The number of hydrogen-bond donors (Lipinski definition) is 2. The van der Waals surface area contributed by atoms with Gasteiger partial charge in [0, 0.05) is 0 Å². The molecule has 0 bridgehead atoms. The predicted molar refractivity (Wildman–Crippen MR) is 56.7 cm³/mol. The Bertz CT molecular complexity index is 638. The number of nitro groups is 3. The summed E-state index contributed by atoms with van der Waals surface area (Å²) in [4.78, 5) is 38.2. The van der Waals surface area contributed by atoms with Gasteiger partial charge in [-0.1, -0.05) is 0 Å². The second-order valence-corrected chi connectivity index (χ2v) is 3.08.